The lowest BCUT2D eigenvalue weighted by molar-refractivity contribution is -0.119. The van der Waals surface area contributed by atoms with E-state index >= 15 is 0 Å². The number of aryl methyl sites for hydroxylation is 1. The van der Waals surface area contributed by atoms with E-state index in [0.29, 0.717) is 11.6 Å². The quantitative estimate of drug-likeness (QED) is 0.840. The van der Waals surface area contributed by atoms with E-state index in [0.717, 1.165) is 0 Å². The number of rotatable bonds is 3. The maximum atomic E-state index is 11.9. The van der Waals surface area contributed by atoms with Crippen molar-refractivity contribution in [2.75, 3.05) is 12.4 Å². The second-order valence-electron chi connectivity index (χ2n) is 5.21. The van der Waals surface area contributed by atoms with Gasteiger partial charge in [-0.1, -0.05) is 20.8 Å². The molecule has 0 saturated heterocycles. The number of nitrogens with one attached hydrogen (secondary N) is 1. The summed E-state index contributed by atoms with van der Waals surface area (Å²) in [5.74, 6) is 0.300. The van der Waals surface area contributed by atoms with Crippen molar-refractivity contribution in [3.63, 3.8) is 0 Å². The highest BCUT2D eigenvalue weighted by molar-refractivity contribution is 5.93. The Morgan fingerprint density at radius 1 is 1.44 bits per heavy atom. The molecule has 1 rings (SSSR count). The van der Waals surface area contributed by atoms with Crippen LogP contribution < -0.4 is 15.8 Å². The number of amides is 1. The summed E-state index contributed by atoms with van der Waals surface area (Å²) in [7, 11) is 1.51. The van der Waals surface area contributed by atoms with Gasteiger partial charge in [0.05, 0.1) is 13.2 Å². The van der Waals surface area contributed by atoms with Crippen molar-refractivity contribution in [1.29, 1.82) is 0 Å². The predicted octanol–water partition coefficient (Wildman–Crippen LogP) is 1.11. The van der Waals surface area contributed by atoms with Crippen LogP contribution in [0, 0.1) is 12.3 Å². The fourth-order valence-corrected chi connectivity index (χ4v) is 1.28. The van der Waals surface area contributed by atoms with Crippen molar-refractivity contribution >= 4 is 11.9 Å². The highest BCUT2D eigenvalue weighted by Gasteiger charge is 2.28. The van der Waals surface area contributed by atoms with Gasteiger partial charge in [-0.05, 0) is 12.3 Å². The lowest BCUT2D eigenvalue weighted by Crippen LogP contribution is -2.45. The van der Waals surface area contributed by atoms with Gasteiger partial charge in [-0.15, -0.1) is 0 Å². The van der Waals surface area contributed by atoms with Gasteiger partial charge in [0.2, 0.25) is 17.7 Å². The second-order valence-corrected chi connectivity index (χ2v) is 5.21. The SMILES string of the molecule is COc1cc(C)nc(NC(=O)[C@@H](N)C(C)(C)C)n1. The molecular weight excluding hydrogens is 232 g/mol. The number of methoxy groups -OCH3 is 1. The van der Waals surface area contributed by atoms with Gasteiger partial charge in [0.25, 0.3) is 0 Å². The Morgan fingerprint density at radius 2 is 2.06 bits per heavy atom. The van der Waals surface area contributed by atoms with E-state index in [1.54, 1.807) is 13.0 Å². The van der Waals surface area contributed by atoms with E-state index < -0.39 is 6.04 Å². The van der Waals surface area contributed by atoms with Crippen molar-refractivity contribution < 1.29 is 9.53 Å². The number of anilines is 1. The molecule has 3 N–H and O–H groups in total. The second kappa shape index (κ2) is 5.30. The minimum Gasteiger partial charge on any atom is -0.481 e. The minimum atomic E-state index is -0.632. The Balaban J connectivity index is 2.85. The normalized spacial score (nSPS) is 13.0. The average molecular weight is 252 g/mol. The molecule has 0 unspecified atom stereocenters. The van der Waals surface area contributed by atoms with Crippen LogP contribution in [0.2, 0.25) is 0 Å². The molecule has 0 saturated carbocycles. The standard InChI is InChI=1S/C12H20N4O2/c1-7-6-8(18-5)15-11(14-7)16-10(17)9(13)12(2,3)4/h6,9H,13H2,1-5H3,(H,14,15,16,17)/t9-/m1/s1. The third-order valence-electron chi connectivity index (χ3n) is 2.49. The van der Waals surface area contributed by atoms with Gasteiger partial charge in [-0.3, -0.25) is 10.1 Å². The van der Waals surface area contributed by atoms with Gasteiger partial charge >= 0.3 is 0 Å². The molecule has 1 atom stereocenters. The number of carbonyl (C=O) groups excluding carboxylic acids is 1. The van der Waals surface area contributed by atoms with E-state index in [4.69, 9.17) is 10.5 Å². The molecular formula is C12H20N4O2. The Kier molecular flexibility index (Phi) is 4.24. The summed E-state index contributed by atoms with van der Waals surface area (Å²) in [6.07, 6.45) is 0. The first kappa shape index (κ1) is 14.4. The van der Waals surface area contributed by atoms with Crippen LogP contribution in [0.1, 0.15) is 26.5 Å². The van der Waals surface area contributed by atoms with Crippen molar-refractivity contribution in [2.24, 2.45) is 11.1 Å². The molecule has 1 heterocycles. The van der Waals surface area contributed by atoms with E-state index in [9.17, 15) is 4.79 Å². The third-order valence-corrected chi connectivity index (χ3v) is 2.49. The third kappa shape index (κ3) is 3.66. The van der Waals surface area contributed by atoms with Crippen molar-refractivity contribution in [1.82, 2.24) is 9.97 Å². The molecule has 100 valence electrons. The summed E-state index contributed by atoms with van der Waals surface area (Å²) >= 11 is 0. The maximum absolute atomic E-state index is 11.9. The largest absolute Gasteiger partial charge is 0.481 e. The number of ether oxygens (including phenoxy) is 1. The van der Waals surface area contributed by atoms with Crippen molar-refractivity contribution in [2.45, 2.75) is 33.7 Å². The Morgan fingerprint density at radius 3 is 2.56 bits per heavy atom. The molecule has 0 spiro atoms. The van der Waals surface area contributed by atoms with E-state index in [-0.39, 0.29) is 17.3 Å². The van der Waals surface area contributed by atoms with E-state index in [1.807, 2.05) is 20.8 Å². The molecule has 0 radical (unpaired) electrons. The van der Waals surface area contributed by atoms with Gasteiger partial charge in [0, 0.05) is 11.8 Å². The van der Waals surface area contributed by atoms with Gasteiger partial charge in [0.15, 0.2) is 0 Å². The van der Waals surface area contributed by atoms with Crippen LogP contribution >= 0.6 is 0 Å². The molecule has 0 aliphatic carbocycles. The Bertz CT molecular complexity index is 440. The predicted molar refractivity (Wildman–Crippen MR) is 69.4 cm³/mol. The number of hydrogen-bond donors (Lipinski definition) is 2. The van der Waals surface area contributed by atoms with Crippen LogP contribution in [0.4, 0.5) is 5.95 Å². The molecule has 0 aromatic carbocycles. The average Bonchev–Trinajstić information content (AvgIpc) is 2.25. The summed E-state index contributed by atoms with van der Waals surface area (Å²) in [5, 5.41) is 2.60. The molecule has 6 heteroatoms. The first-order valence-corrected chi connectivity index (χ1v) is 5.70. The molecule has 6 nitrogen and oxygen atoms in total. The molecule has 1 aromatic heterocycles. The molecule has 0 aliphatic rings. The van der Waals surface area contributed by atoms with Crippen LogP contribution in [-0.2, 0) is 4.79 Å². The highest BCUT2D eigenvalue weighted by Crippen LogP contribution is 2.18. The van der Waals surface area contributed by atoms with Crippen LogP contribution in [-0.4, -0.2) is 29.0 Å². The first-order chi connectivity index (χ1) is 8.24. The monoisotopic (exact) mass is 252 g/mol. The summed E-state index contributed by atoms with van der Waals surface area (Å²) < 4.78 is 5.01. The molecule has 18 heavy (non-hydrogen) atoms. The van der Waals surface area contributed by atoms with Crippen molar-refractivity contribution in [3.05, 3.63) is 11.8 Å². The fraction of sp³-hybridized carbons (Fsp3) is 0.583. The smallest absolute Gasteiger partial charge is 0.244 e. The van der Waals surface area contributed by atoms with Gasteiger partial charge < -0.3 is 10.5 Å². The Labute approximate surface area is 107 Å². The molecule has 0 fully saturated rings. The first-order valence-electron chi connectivity index (χ1n) is 5.70. The van der Waals surface area contributed by atoms with Crippen LogP contribution in [0.15, 0.2) is 6.07 Å². The van der Waals surface area contributed by atoms with Gasteiger partial charge in [-0.25, -0.2) is 4.98 Å². The van der Waals surface area contributed by atoms with E-state index in [2.05, 4.69) is 15.3 Å². The zero-order valence-corrected chi connectivity index (χ0v) is 11.4. The number of carbonyl (C=O) groups is 1. The van der Waals surface area contributed by atoms with E-state index in [1.165, 1.54) is 7.11 Å². The van der Waals surface area contributed by atoms with Crippen LogP contribution in [0.25, 0.3) is 0 Å². The van der Waals surface area contributed by atoms with Gasteiger partial charge in [0.1, 0.15) is 0 Å². The number of nitrogens with zero attached hydrogens (tertiary/aromatic N) is 2. The zero-order chi connectivity index (χ0) is 13.9. The lowest BCUT2D eigenvalue weighted by atomic mass is 9.87. The summed E-state index contributed by atoms with van der Waals surface area (Å²) in [4.78, 5) is 20.1. The van der Waals surface area contributed by atoms with Crippen LogP contribution in [0.5, 0.6) is 5.88 Å². The lowest BCUT2D eigenvalue weighted by Gasteiger charge is -2.25. The molecule has 1 aromatic rings. The fourth-order valence-electron chi connectivity index (χ4n) is 1.28. The van der Waals surface area contributed by atoms with Crippen LogP contribution in [0.3, 0.4) is 0 Å². The topological polar surface area (TPSA) is 90.1 Å². The molecule has 0 bridgehead atoms. The summed E-state index contributed by atoms with van der Waals surface area (Å²) in [6.45, 7) is 7.49. The summed E-state index contributed by atoms with van der Waals surface area (Å²) in [6, 6.07) is 1.05. The van der Waals surface area contributed by atoms with Crippen molar-refractivity contribution in [3.8, 4) is 5.88 Å². The zero-order valence-electron chi connectivity index (χ0n) is 11.4. The molecule has 0 aliphatic heterocycles. The molecule has 1 amide bonds. The number of hydrogen-bond acceptors (Lipinski definition) is 5. The highest BCUT2D eigenvalue weighted by atomic mass is 16.5. The van der Waals surface area contributed by atoms with Gasteiger partial charge in [-0.2, -0.15) is 4.98 Å². The number of nitrogens with two attached hydrogens (primary N) is 1. The Hall–Kier alpha value is -1.69. The summed E-state index contributed by atoms with van der Waals surface area (Å²) in [5.41, 5.74) is 6.24. The maximum Gasteiger partial charge on any atom is 0.244 e. The number of aromatic nitrogens is 2. The minimum absolute atomic E-state index is 0.205.